The molecule has 1 aliphatic heterocycles. The number of carbonyl (C=O) groups is 1. The number of sulfonamides is 1. The molecule has 2 aromatic heterocycles. The molecule has 148 valence electrons. The first-order valence-corrected chi connectivity index (χ1v) is 12.1. The molecule has 1 unspecified atom stereocenters. The summed E-state index contributed by atoms with van der Waals surface area (Å²) in [6.45, 7) is 4.43. The van der Waals surface area contributed by atoms with Crippen LogP contribution in [0.25, 0.3) is 10.2 Å². The SMILES string of the molecule is Cc1cc(C)c2c(c1)sc(=NC(=O)C1CCCN1S(=O)(=O)c1cccs1)n2C. The van der Waals surface area contributed by atoms with Crippen molar-refractivity contribution in [2.24, 2.45) is 12.0 Å². The van der Waals surface area contributed by atoms with E-state index in [1.54, 1.807) is 17.5 Å². The number of rotatable bonds is 3. The van der Waals surface area contributed by atoms with Gasteiger partial charge in [0.05, 0.1) is 10.2 Å². The van der Waals surface area contributed by atoms with Gasteiger partial charge in [0.15, 0.2) is 4.80 Å². The number of aryl methyl sites for hydroxylation is 3. The Bertz CT molecular complexity index is 1220. The van der Waals surface area contributed by atoms with E-state index in [1.165, 1.54) is 27.0 Å². The Kier molecular flexibility index (Phi) is 5.03. The van der Waals surface area contributed by atoms with E-state index in [4.69, 9.17) is 0 Å². The van der Waals surface area contributed by atoms with Crippen molar-refractivity contribution in [2.75, 3.05) is 6.54 Å². The van der Waals surface area contributed by atoms with Crippen LogP contribution in [0.15, 0.2) is 38.8 Å². The number of hydrogen-bond acceptors (Lipinski definition) is 5. The molecule has 1 aliphatic rings. The summed E-state index contributed by atoms with van der Waals surface area (Å²) in [5.74, 6) is -0.394. The maximum Gasteiger partial charge on any atom is 0.266 e. The molecule has 1 saturated heterocycles. The molecule has 1 fully saturated rings. The highest BCUT2D eigenvalue weighted by Gasteiger charge is 2.39. The molecule has 1 atom stereocenters. The van der Waals surface area contributed by atoms with Gasteiger partial charge in [0, 0.05) is 13.6 Å². The summed E-state index contributed by atoms with van der Waals surface area (Å²) in [5.41, 5.74) is 3.34. The van der Waals surface area contributed by atoms with Crippen LogP contribution in [0.5, 0.6) is 0 Å². The number of aromatic nitrogens is 1. The quantitative estimate of drug-likeness (QED) is 0.634. The number of thiophene rings is 1. The summed E-state index contributed by atoms with van der Waals surface area (Å²) < 4.78 is 30.4. The maximum atomic E-state index is 12.9. The first-order chi connectivity index (χ1) is 13.3. The van der Waals surface area contributed by atoms with E-state index in [-0.39, 0.29) is 4.21 Å². The van der Waals surface area contributed by atoms with Crippen molar-refractivity contribution in [3.63, 3.8) is 0 Å². The molecule has 0 N–H and O–H groups in total. The molecule has 0 spiro atoms. The summed E-state index contributed by atoms with van der Waals surface area (Å²) in [6, 6.07) is 6.73. The molecule has 1 amide bonds. The van der Waals surface area contributed by atoms with Crippen LogP contribution >= 0.6 is 22.7 Å². The van der Waals surface area contributed by atoms with Crippen molar-refractivity contribution in [3.8, 4) is 0 Å². The number of benzene rings is 1. The van der Waals surface area contributed by atoms with Crippen molar-refractivity contribution in [3.05, 3.63) is 45.6 Å². The van der Waals surface area contributed by atoms with Gasteiger partial charge in [-0.2, -0.15) is 9.30 Å². The molecule has 3 heterocycles. The fourth-order valence-corrected chi connectivity index (χ4v) is 7.73. The van der Waals surface area contributed by atoms with Crippen molar-refractivity contribution in [1.29, 1.82) is 0 Å². The second-order valence-corrected chi connectivity index (χ2v) is 11.1. The molecule has 0 saturated carbocycles. The number of hydrogen-bond donors (Lipinski definition) is 0. The number of nitrogens with zero attached hydrogens (tertiary/aromatic N) is 3. The first-order valence-electron chi connectivity index (χ1n) is 9.00. The third-order valence-corrected chi connectivity index (χ3v) is 9.35. The molecule has 6 nitrogen and oxygen atoms in total. The van der Waals surface area contributed by atoms with Gasteiger partial charge in [0.1, 0.15) is 10.3 Å². The minimum atomic E-state index is -3.66. The molecule has 0 bridgehead atoms. The molecule has 4 rings (SSSR count). The fourth-order valence-electron chi connectivity index (χ4n) is 3.76. The minimum absolute atomic E-state index is 0.269. The van der Waals surface area contributed by atoms with Gasteiger partial charge in [-0.3, -0.25) is 4.79 Å². The maximum absolute atomic E-state index is 12.9. The molecular formula is C19H21N3O3S3. The van der Waals surface area contributed by atoms with E-state index in [0.29, 0.717) is 24.2 Å². The van der Waals surface area contributed by atoms with Crippen molar-refractivity contribution in [2.45, 2.75) is 36.9 Å². The van der Waals surface area contributed by atoms with Crippen LogP contribution in [0.4, 0.5) is 0 Å². The van der Waals surface area contributed by atoms with Gasteiger partial charge in [-0.05, 0) is 55.3 Å². The molecule has 1 aromatic carbocycles. The zero-order chi connectivity index (χ0) is 20.1. The van der Waals surface area contributed by atoms with Gasteiger partial charge in [-0.15, -0.1) is 11.3 Å². The first kappa shape index (κ1) is 19.5. The lowest BCUT2D eigenvalue weighted by atomic mass is 10.1. The minimum Gasteiger partial charge on any atom is -0.319 e. The Hall–Kier alpha value is -1.81. The van der Waals surface area contributed by atoms with E-state index < -0.39 is 22.0 Å². The largest absolute Gasteiger partial charge is 0.319 e. The molecule has 28 heavy (non-hydrogen) atoms. The van der Waals surface area contributed by atoms with Crippen LogP contribution in [-0.2, 0) is 21.9 Å². The van der Waals surface area contributed by atoms with Crippen LogP contribution in [0.1, 0.15) is 24.0 Å². The monoisotopic (exact) mass is 435 g/mol. The highest BCUT2D eigenvalue weighted by atomic mass is 32.2. The lowest BCUT2D eigenvalue weighted by Gasteiger charge is -2.20. The van der Waals surface area contributed by atoms with Crippen LogP contribution in [-0.4, -0.2) is 35.8 Å². The summed E-state index contributed by atoms with van der Waals surface area (Å²) in [5, 5.41) is 1.73. The number of carbonyl (C=O) groups excluding carboxylic acids is 1. The normalized spacial score (nSPS) is 19.0. The topological polar surface area (TPSA) is 71.7 Å². The molecule has 3 aromatic rings. The van der Waals surface area contributed by atoms with Gasteiger partial charge in [0.25, 0.3) is 15.9 Å². The summed E-state index contributed by atoms with van der Waals surface area (Å²) in [6.07, 6.45) is 1.16. The Balaban J connectivity index is 1.73. The van der Waals surface area contributed by atoms with Crippen LogP contribution in [0.3, 0.4) is 0 Å². The van der Waals surface area contributed by atoms with E-state index in [2.05, 4.69) is 17.1 Å². The zero-order valence-electron chi connectivity index (χ0n) is 15.9. The second kappa shape index (κ2) is 7.22. The van der Waals surface area contributed by atoms with Crippen LogP contribution in [0, 0.1) is 13.8 Å². The average Bonchev–Trinajstić information content (AvgIpc) is 3.35. The molecule has 9 heteroatoms. The van der Waals surface area contributed by atoms with Gasteiger partial charge in [-0.1, -0.05) is 23.5 Å². The molecule has 0 aliphatic carbocycles. The van der Waals surface area contributed by atoms with E-state index in [9.17, 15) is 13.2 Å². The zero-order valence-corrected chi connectivity index (χ0v) is 18.3. The van der Waals surface area contributed by atoms with Crippen molar-refractivity contribution in [1.82, 2.24) is 8.87 Å². The van der Waals surface area contributed by atoms with Crippen LogP contribution in [0.2, 0.25) is 0 Å². The second-order valence-electron chi connectivity index (χ2n) is 7.03. The van der Waals surface area contributed by atoms with Gasteiger partial charge >= 0.3 is 0 Å². The number of amides is 1. The number of thiazole rings is 1. The summed E-state index contributed by atoms with van der Waals surface area (Å²) in [4.78, 5) is 17.9. The summed E-state index contributed by atoms with van der Waals surface area (Å²) >= 11 is 2.62. The highest BCUT2D eigenvalue weighted by molar-refractivity contribution is 7.91. The van der Waals surface area contributed by atoms with Gasteiger partial charge < -0.3 is 4.57 Å². The molecular weight excluding hydrogens is 414 g/mol. The third kappa shape index (κ3) is 3.26. The Morgan fingerprint density at radius 2 is 2.07 bits per heavy atom. The third-order valence-electron chi connectivity index (χ3n) is 4.99. The van der Waals surface area contributed by atoms with Crippen molar-refractivity contribution < 1.29 is 13.2 Å². The van der Waals surface area contributed by atoms with Crippen molar-refractivity contribution >= 4 is 48.8 Å². The Morgan fingerprint density at radius 1 is 1.29 bits per heavy atom. The highest BCUT2D eigenvalue weighted by Crippen LogP contribution is 2.29. The number of fused-ring (bicyclic) bond motifs is 1. The van der Waals surface area contributed by atoms with Gasteiger partial charge in [-0.25, -0.2) is 8.42 Å². The average molecular weight is 436 g/mol. The Morgan fingerprint density at radius 3 is 2.79 bits per heavy atom. The van der Waals surface area contributed by atoms with Gasteiger partial charge in [0.2, 0.25) is 0 Å². The standard InChI is InChI=1S/C19H21N3O3S3/c1-12-10-13(2)17-15(11-12)27-19(21(17)3)20-18(23)14-6-4-8-22(14)28(24,25)16-7-5-9-26-16/h5,7,9-11,14H,4,6,8H2,1-3H3. The predicted octanol–water partition coefficient (Wildman–Crippen LogP) is 3.20. The van der Waals surface area contributed by atoms with E-state index in [1.807, 2.05) is 25.5 Å². The van der Waals surface area contributed by atoms with E-state index >= 15 is 0 Å². The van der Waals surface area contributed by atoms with E-state index in [0.717, 1.165) is 21.3 Å². The lowest BCUT2D eigenvalue weighted by Crippen LogP contribution is -2.40. The summed E-state index contributed by atoms with van der Waals surface area (Å²) in [7, 11) is -1.77. The lowest BCUT2D eigenvalue weighted by molar-refractivity contribution is -0.121. The predicted molar refractivity (Wildman–Crippen MR) is 112 cm³/mol. The molecule has 0 radical (unpaired) electrons. The Labute approximate surface area is 171 Å². The van der Waals surface area contributed by atoms with Crippen LogP contribution < -0.4 is 4.80 Å². The smallest absolute Gasteiger partial charge is 0.266 e. The fraction of sp³-hybridized carbons (Fsp3) is 0.368.